The summed E-state index contributed by atoms with van der Waals surface area (Å²) >= 11 is 7.84. The second kappa shape index (κ2) is 10.1. The van der Waals surface area contributed by atoms with Crippen LogP contribution < -0.4 is 5.32 Å². The number of aromatic hydroxyl groups is 1. The molecule has 0 aliphatic rings. The van der Waals surface area contributed by atoms with Gasteiger partial charge in [-0.2, -0.15) is 0 Å². The van der Waals surface area contributed by atoms with Crippen molar-refractivity contribution in [3.8, 4) is 5.75 Å². The van der Waals surface area contributed by atoms with Crippen molar-refractivity contribution in [2.24, 2.45) is 0 Å². The van der Waals surface area contributed by atoms with Crippen LogP contribution in [-0.4, -0.2) is 10.9 Å². The van der Waals surface area contributed by atoms with E-state index in [1.54, 1.807) is 42.5 Å². The van der Waals surface area contributed by atoms with Gasteiger partial charge in [0.2, 0.25) is 0 Å². The fourth-order valence-corrected chi connectivity index (χ4v) is 5.62. The number of phenols is 1. The van der Waals surface area contributed by atoms with Gasteiger partial charge in [-0.1, -0.05) is 73.1 Å². The molecule has 1 unspecified atom stereocenters. The minimum Gasteiger partial charge on any atom is -0.508 e. The van der Waals surface area contributed by atoms with Crippen LogP contribution in [0.25, 0.3) is 10.8 Å². The first-order valence-electron chi connectivity index (χ1n) is 11.6. The number of ketones is 1. The van der Waals surface area contributed by atoms with Crippen LogP contribution in [0.15, 0.2) is 91.0 Å². The standard InChI is InChI=1S/C30H23ClFNO2S/c1-2-21-17-24(29(35)23-9-5-6-10-25(23)31)30(36-21)33-28(19-11-14-20(32)15-12-19)27-22-8-4-3-7-18(22)13-16-26(27)34/h3-17,28,33-34H,2H2,1H3. The molecular formula is C30H23ClFNO2S. The van der Waals surface area contributed by atoms with Crippen LogP contribution in [0, 0.1) is 5.82 Å². The molecule has 1 heterocycles. The summed E-state index contributed by atoms with van der Waals surface area (Å²) < 4.78 is 13.8. The molecule has 0 amide bonds. The first-order chi connectivity index (χ1) is 17.5. The molecule has 1 aromatic heterocycles. The Balaban J connectivity index is 1.67. The topological polar surface area (TPSA) is 49.3 Å². The lowest BCUT2D eigenvalue weighted by molar-refractivity contribution is 0.104. The van der Waals surface area contributed by atoms with Crippen molar-refractivity contribution in [1.29, 1.82) is 0 Å². The third-order valence-corrected chi connectivity index (χ3v) is 7.75. The Morgan fingerprint density at radius 3 is 2.44 bits per heavy atom. The van der Waals surface area contributed by atoms with Crippen LogP contribution in [0.5, 0.6) is 5.75 Å². The molecular weight excluding hydrogens is 493 g/mol. The molecule has 180 valence electrons. The third-order valence-electron chi connectivity index (χ3n) is 6.21. The number of aryl methyl sites for hydroxylation is 1. The average molecular weight is 516 g/mol. The van der Waals surface area contributed by atoms with E-state index in [-0.39, 0.29) is 17.3 Å². The average Bonchev–Trinajstić information content (AvgIpc) is 3.31. The maximum absolute atomic E-state index is 13.8. The lowest BCUT2D eigenvalue weighted by Crippen LogP contribution is -2.15. The number of thiophene rings is 1. The zero-order valence-electron chi connectivity index (χ0n) is 19.5. The van der Waals surface area contributed by atoms with Gasteiger partial charge in [-0.05, 0) is 59.2 Å². The van der Waals surface area contributed by atoms with Crippen molar-refractivity contribution < 1.29 is 14.3 Å². The monoisotopic (exact) mass is 515 g/mol. The third kappa shape index (κ3) is 4.60. The van der Waals surface area contributed by atoms with E-state index < -0.39 is 6.04 Å². The molecule has 5 rings (SSSR count). The summed E-state index contributed by atoms with van der Waals surface area (Å²) in [6, 6.07) is 25.8. The molecule has 0 saturated heterocycles. The Hall–Kier alpha value is -3.67. The van der Waals surface area contributed by atoms with E-state index in [0.29, 0.717) is 26.7 Å². The first kappa shape index (κ1) is 24.0. The molecule has 1 atom stereocenters. The highest BCUT2D eigenvalue weighted by atomic mass is 35.5. The summed E-state index contributed by atoms with van der Waals surface area (Å²) in [6.45, 7) is 2.04. The SMILES string of the molecule is CCc1cc(C(=O)c2ccccc2Cl)c(NC(c2ccc(F)cc2)c2c(O)ccc3ccccc23)s1. The summed E-state index contributed by atoms with van der Waals surface area (Å²) in [7, 11) is 0. The number of anilines is 1. The van der Waals surface area contributed by atoms with Gasteiger partial charge in [-0.15, -0.1) is 11.3 Å². The number of carbonyl (C=O) groups excluding carboxylic acids is 1. The van der Waals surface area contributed by atoms with Crippen molar-refractivity contribution in [3.63, 3.8) is 0 Å². The van der Waals surface area contributed by atoms with Crippen LogP contribution in [0.1, 0.15) is 44.9 Å². The normalized spacial score (nSPS) is 12.0. The van der Waals surface area contributed by atoms with E-state index in [9.17, 15) is 14.3 Å². The summed E-state index contributed by atoms with van der Waals surface area (Å²) in [5.74, 6) is -0.417. The van der Waals surface area contributed by atoms with Gasteiger partial charge >= 0.3 is 0 Å². The molecule has 5 aromatic rings. The molecule has 0 radical (unpaired) electrons. The van der Waals surface area contributed by atoms with Gasteiger partial charge in [-0.3, -0.25) is 4.79 Å². The highest BCUT2D eigenvalue weighted by Crippen LogP contribution is 2.41. The Bertz CT molecular complexity index is 1560. The zero-order valence-corrected chi connectivity index (χ0v) is 21.0. The second-order valence-corrected chi connectivity index (χ2v) is 10.0. The van der Waals surface area contributed by atoms with E-state index >= 15 is 0 Å². The van der Waals surface area contributed by atoms with E-state index in [4.69, 9.17) is 11.6 Å². The van der Waals surface area contributed by atoms with Crippen LogP contribution in [-0.2, 0) is 6.42 Å². The van der Waals surface area contributed by atoms with Crippen molar-refractivity contribution in [3.05, 3.63) is 129 Å². The minimum absolute atomic E-state index is 0.113. The summed E-state index contributed by atoms with van der Waals surface area (Å²) in [4.78, 5) is 14.6. The smallest absolute Gasteiger partial charge is 0.197 e. The number of hydrogen-bond acceptors (Lipinski definition) is 4. The van der Waals surface area contributed by atoms with Gasteiger partial charge in [0, 0.05) is 16.0 Å². The highest BCUT2D eigenvalue weighted by molar-refractivity contribution is 7.16. The largest absolute Gasteiger partial charge is 0.508 e. The number of fused-ring (bicyclic) bond motifs is 1. The van der Waals surface area contributed by atoms with Crippen molar-refractivity contribution in [1.82, 2.24) is 0 Å². The van der Waals surface area contributed by atoms with Gasteiger partial charge in [-0.25, -0.2) is 4.39 Å². The molecule has 3 nitrogen and oxygen atoms in total. The highest BCUT2D eigenvalue weighted by Gasteiger charge is 2.25. The predicted molar refractivity (Wildman–Crippen MR) is 146 cm³/mol. The van der Waals surface area contributed by atoms with Crippen molar-refractivity contribution in [2.75, 3.05) is 5.32 Å². The fourth-order valence-electron chi connectivity index (χ4n) is 4.38. The number of halogens is 2. The molecule has 2 N–H and O–H groups in total. The van der Waals surface area contributed by atoms with Crippen LogP contribution in [0.4, 0.5) is 9.39 Å². The zero-order chi connectivity index (χ0) is 25.2. The van der Waals surface area contributed by atoms with Crippen LogP contribution in [0.3, 0.4) is 0 Å². The van der Waals surface area contributed by atoms with Gasteiger partial charge in [0.05, 0.1) is 16.6 Å². The van der Waals surface area contributed by atoms with Gasteiger partial charge < -0.3 is 10.4 Å². The summed E-state index contributed by atoms with van der Waals surface area (Å²) in [5.41, 5.74) is 2.35. The van der Waals surface area contributed by atoms with E-state index in [0.717, 1.165) is 27.6 Å². The van der Waals surface area contributed by atoms with Crippen molar-refractivity contribution >= 4 is 44.5 Å². The molecule has 4 aromatic carbocycles. The lowest BCUT2D eigenvalue weighted by Gasteiger charge is -2.23. The molecule has 6 heteroatoms. The Morgan fingerprint density at radius 1 is 0.972 bits per heavy atom. The maximum Gasteiger partial charge on any atom is 0.197 e. The van der Waals surface area contributed by atoms with E-state index in [1.165, 1.54) is 23.5 Å². The Kier molecular flexibility index (Phi) is 6.77. The minimum atomic E-state index is -0.544. The Morgan fingerprint density at radius 2 is 1.69 bits per heavy atom. The number of nitrogens with one attached hydrogen (secondary N) is 1. The molecule has 0 fully saturated rings. The number of hydrogen-bond donors (Lipinski definition) is 2. The van der Waals surface area contributed by atoms with E-state index in [2.05, 4.69) is 5.32 Å². The molecule has 0 spiro atoms. The van der Waals surface area contributed by atoms with Gasteiger partial charge in [0.25, 0.3) is 0 Å². The lowest BCUT2D eigenvalue weighted by atomic mass is 9.92. The van der Waals surface area contributed by atoms with Crippen LogP contribution >= 0.6 is 22.9 Å². The molecule has 0 aliphatic carbocycles. The first-order valence-corrected chi connectivity index (χ1v) is 12.8. The molecule has 36 heavy (non-hydrogen) atoms. The summed E-state index contributed by atoms with van der Waals surface area (Å²) in [5, 5.41) is 17.4. The summed E-state index contributed by atoms with van der Waals surface area (Å²) in [6.07, 6.45) is 0.760. The van der Waals surface area contributed by atoms with Gasteiger partial charge in [0.1, 0.15) is 16.6 Å². The fraction of sp³-hybridized carbons (Fsp3) is 0.100. The molecule has 0 saturated carbocycles. The quantitative estimate of drug-likeness (QED) is 0.214. The Labute approximate surface area is 217 Å². The maximum atomic E-state index is 13.8. The predicted octanol–water partition coefficient (Wildman–Crippen LogP) is 8.39. The van der Waals surface area contributed by atoms with Crippen molar-refractivity contribution in [2.45, 2.75) is 19.4 Å². The second-order valence-electron chi connectivity index (χ2n) is 8.47. The van der Waals surface area contributed by atoms with E-state index in [1.807, 2.05) is 43.3 Å². The van der Waals surface area contributed by atoms with Crippen LogP contribution in [0.2, 0.25) is 5.02 Å². The number of carbonyl (C=O) groups is 1. The molecule has 0 bridgehead atoms. The number of phenolic OH excluding ortho intramolecular Hbond substituents is 1. The molecule has 0 aliphatic heterocycles. The number of benzene rings is 4. The van der Waals surface area contributed by atoms with Gasteiger partial charge in [0.15, 0.2) is 5.78 Å². The number of rotatable bonds is 7.